The molecule has 3 aromatic carbocycles. The monoisotopic (exact) mass is 332 g/mol. The van der Waals surface area contributed by atoms with Gasteiger partial charge in [-0.15, -0.1) is 0 Å². The first-order valence-corrected chi connectivity index (χ1v) is 7.80. The van der Waals surface area contributed by atoms with Crippen LogP contribution in [0.15, 0.2) is 78.9 Å². The van der Waals surface area contributed by atoms with Gasteiger partial charge < -0.3 is 0 Å². The van der Waals surface area contributed by atoms with E-state index < -0.39 is 0 Å². The Kier molecular flexibility index (Phi) is 3.01. The molecular weight excluding hydrogens is 320 g/mol. The molecule has 1 aliphatic carbocycles. The highest BCUT2D eigenvalue weighted by Gasteiger charge is 2.24. The quantitative estimate of drug-likeness (QED) is 0.402. The van der Waals surface area contributed by atoms with E-state index in [2.05, 4.69) is 88.7 Å². The summed E-state index contributed by atoms with van der Waals surface area (Å²) in [6.45, 7) is 0. The maximum atomic E-state index is 3.83. The van der Waals surface area contributed by atoms with E-state index in [0.717, 1.165) is 4.48 Å². The van der Waals surface area contributed by atoms with Gasteiger partial charge in [0.15, 0.2) is 0 Å². The van der Waals surface area contributed by atoms with E-state index in [1.54, 1.807) is 0 Å². The normalized spacial score (nSPS) is 12.0. The van der Waals surface area contributed by atoms with Crippen molar-refractivity contribution in [3.63, 3.8) is 0 Å². The average Bonchev–Trinajstić information content (AvgIpc) is 2.90. The first-order valence-electron chi connectivity index (χ1n) is 7.00. The van der Waals surface area contributed by atoms with E-state index in [4.69, 9.17) is 0 Å². The van der Waals surface area contributed by atoms with Crippen molar-refractivity contribution in [2.45, 2.75) is 0 Å². The Labute approximate surface area is 132 Å². The first kappa shape index (κ1) is 12.6. The lowest BCUT2D eigenvalue weighted by Gasteiger charge is -2.08. The predicted octanol–water partition coefficient (Wildman–Crippen LogP) is 5.98. The topological polar surface area (TPSA) is 0 Å². The molecule has 3 aromatic rings. The summed E-state index contributed by atoms with van der Waals surface area (Å²) in [6.07, 6.45) is 0. The molecule has 0 aliphatic heterocycles. The number of fused-ring (bicyclic) bond motifs is 3. The van der Waals surface area contributed by atoms with Crippen LogP contribution in [0.3, 0.4) is 0 Å². The molecule has 100 valence electrons. The van der Waals surface area contributed by atoms with Crippen molar-refractivity contribution in [2.75, 3.05) is 0 Å². The molecule has 0 aromatic heterocycles. The number of hydrogen-bond acceptors (Lipinski definition) is 0. The highest BCUT2D eigenvalue weighted by Crippen LogP contribution is 2.48. The lowest BCUT2D eigenvalue weighted by atomic mass is 10.0. The van der Waals surface area contributed by atoms with Gasteiger partial charge in [0.25, 0.3) is 0 Å². The van der Waals surface area contributed by atoms with E-state index >= 15 is 0 Å². The SMILES string of the molecule is BrC(=C1c2ccccc2-c2ccccc21)c1ccccc1. The first-order chi connectivity index (χ1) is 10.4. The van der Waals surface area contributed by atoms with Crippen LogP contribution in [0.1, 0.15) is 16.7 Å². The minimum atomic E-state index is 1.15. The highest BCUT2D eigenvalue weighted by atomic mass is 79.9. The molecule has 0 radical (unpaired) electrons. The summed E-state index contributed by atoms with van der Waals surface area (Å²) >= 11 is 3.83. The molecule has 4 rings (SSSR count). The maximum Gasteiger partial charge on any atom is 0.0332 e. The smallest absolute Gasteiger partial charge is 0.0332 e. The number of benzene rings is 3. The summed E-state index contributed by atoms with van der Waals surface area (Å²) in [7, 11) is 0. The van der Waals surface area contributed by atoms with E-state index in [-0.39, 0.29) is 0 Å². The second-order valence-electron chi connectivity index (χ2n) is 5.15. The molecule has 0 N–H and O–H groups in total. The molecule has 0 unspecified atom stereocenters. The zero-order chi connectivity index (χ0) is 14.2. The van der Waals surface area contributed by atoms with Crippen LogP contribution in [0.4, 0.5) is 0 Å². The molecule has 0 bridgehead atoms. The third-order valence-corrected chi connectivity index (χ3v) is 4.78. The fourth-order valence-corrected chi connectivity index (χ4v) is 3.67. The minimum Gasteiger partial charge on any atom is -0.0622 e. The van der Waals surface area contributed by atoms with Gasteiger partial charge >= 0.3 is 0 Å². The second-order valence-corrected chi connectivity index (χ2v) is 5.94. The van der Waals surface area contributed by atoms with Gasteiger partial charge in [0.05, 0.1) is 0 Å². The molecule has 0 spiro atoms. The summed E-state index contributed by atoms with van der Waals surface area (Å²) in [5.74, 6) is 0. The van der Waals surface area contributed by atoms with Crippen molar-refractivity contribution >= 4 is 26.0 Å². The number of hydrogen-bond donors (Lipinski definition) is 0. The molecule has 1 heteroatoms. The van der Waals surface area contributed by atoms with Crippen LogP contribution >= 0.6 is 15.9 Å². The number of halogens is 1. The Morgan fingerprint density at radius 1 is 0.524 bits per heavy atom. The van der Waals surface area contributed by atoms with Gasteiger partial charge in [-0.2, -0.15) is 0 Å². The summed E-state index contributed by atoms with van der Waals surface area (Å²) in [5, 5.41) is 0. The molecule has 0 nitrogen and oxygen atoms in total. The van der Waals surface area contributed by atoms with Crippen molar-refractivity contribution in [1.29, 1.82) is 0 Å². The van der Waals surface area contributed by atoms with Crippen LogP contribution < -0.4 is 0 Å². The van der Waals surface area contributed by atoms with Gasteiger partial charge in [0.1, 0.15) is 0 Å². The molecule has 0 atom stereocenters. The minimum absolute atomic E-state index is 1.15. The third kappa shape index (κ3) is 1.97. The zero-order valence-electron chi connectivity index (χ0n) is 11.4. The Hall–Kier alpha value is -2.12. The lowest BCUT2D eigenvalue weighted by Crippen LogP contribution is -1.85. The zero-order valence-corrected chi connectivity index (χ0v) is 13.0. The van der Waals surface area contributed by atoms with Crippen molar-refractivity contribution in [3.8, 4) is 11.1 Å². The Balaban J connectivity index is 2.06. The largest absolute Gasteiger partial charge is 0.0622 e. The van der Waals surface area contributed by atoms with Crippen molar-refractivity contribution in [2.24, 2.45) is 0 Å². The van der Waals surface area contributed by atoms with E-state index in [9.17, 15) is 0 Å². The molecular formula is C20H13Br. The van der Waals surface area contributed by atoms with E-state index in [1.807, 2.05) is 6.07 Å². The third-order valence-electron chi connectivity index (χ3n) is 3.93. The van der Waals surface area contributed by atoms with Crippen LogP contribution in [-0.2, 0) is 0 Å². The fraction of sp³-hybridized carbons (Fsp3) is 0. The van der Waals surface area contributed by atoms with Gasteiger partial charge in [-0.05, 0) is 43.7 Å². The van der Waals surface area contributed by atoms with Gasteiger partial charge in [-0.3, -0.25) is 0 Å². The second kappa shape index (κ2) is 5.01. The average molecular weight is 333 g/mol. The summed E-state index contributed by atoms with van der Waals surface area (Å²) in [6, 6.07) is 27.7. The van der Waals surface area contributed by atoms with Crippen LogP contribution in [-0.4, -0.2) is 0 Å². The van der Waals surface area contributed by atoms with Crippen molar-refractivity contribution in [1.82, 2.24) is 0 Å². The van der Waals surface area contributed by atoms with Crippen LogP contribution in [0.5, 0.6) is 0 Å². The molecule has 0 fully saturated rings. The standard InChI is InChI=1S/C20H13Br/c21-20(14-8-2-1-3-9-14)19-17-12-6-4-10-15(17)16-11-5-7-13-18(16)19/h1-13H. The molecule has 1 aliphatic rings. The highest BCUT2D eigenvalue weighted by molar-refractivity contribution is 9.15. The Bertz CT molecular complexity index is 797. The van der Waals surface area contributed by atoms with Crippen LogP contribution in [0.25, 0.3) is 21.2 Å². The lowest BCUT2D eigenvalue weighted by molar-refractivity contribution is 1.63. The van der Waals surface area contributed by atoms with E-state index in [1.165, 1.54) is 33.4 Å². The fourth-order valence-electron chi connectivity index (χ4n) is 2.98. The Morgan fingerprint density at radius 2 is 0.952 bits per heavy atom. The van der Waals surface area contributed by atoms with Gasteiger partial charge in [-0.25, -0.2) is 0 Å². The predicted molar refractivity (Wildman–Crippen MR) is 93.2 cm³/mol. The maximum absolute atomic E-state index is 3.83. The van der Waals surface area contributed by atoms with Crippen molar-refractivity contribution < 1.29 is 0 Å². The van der Waals surface area contributed by atoms with Crippen LogP contribution in [0.2, 0.25) is 0 Å². The Morgan fingerprint density at radius 3 is 1.48 bits per heavy atom. The molecule has 0 heterocycles. The summed E-state index contributed by atoms with van der Waals surface area (Å²) < 4.78 is 1.15. The molecule has 0 saturated heterocycles. The molecule has 21 heavy (non-hydrogen) atoms. The van der Waals surface area contributed by atoms with Crippen molar-refractivity contribution in [3.05, 3.63) is 95.6 Å². The van der Waals surface area contributed by atoms with Gasteiger partial charge in [0, 0.05) is 10.1 Å². The summed E-state index contributed by atoms with van der Waals surface area (Å²) in [4.78, 5) is 0. The van der Waals surface area contributed by atoms with Gasteiger partial charge in [-0.1, -0.05) is 78.9 Å². The van der Waals surface area contributed by atoms with Gasteiger partial charge in [0.2, 0.25) is 0 Å². The summed E-state index contributed by atoms with van der Waals surface area (Å²) in [5.41, 5.74) is 7.72. The molecule has 0 amide bonds. The molecule has 0 saturated carbocycles. The number of rotatable bonds is 1. The van der Waals surface area contributed by atoms with E-state index in [0.29, 0.717) is 0 Å². The van der Waals surface area contributed by atoms with Crippen LogP contribution in [0, 0.1) is 0 Å².